The van der Waals surface area contributed by atoms with Gasteiger partial charge in [0.25, 0.3) is 0 Å². The van der Waals surface area contributed by atoms with Gasteiger partial charge in [-0.2, -0.15) is 0 Å². The predicted octanol–water partition coefficient (Wildman–Crippen LogP) is 3.30. The van der Waals surface area contributed by atoms with E-state index in [0.29, 0.717) is 15.6 Å². The van der Waals surface area contributed by atoms with E-state index in [1.165, 1.54) is 6.92 Å². The molecule has 0 atom stereocenters. The van der Waals surface area contributed by atoms with Crippen LogP contribution in [0.2, 0.25) is 5.02 Å². The van der Waals surface area contributed by atoms with Crippen LogP contribution in [0.4, 0.5) is 5.69 Å². The largest absolute Gasteiger partial charge is 0.350 e. The third kappa shape index (κ3) is 2.79. The molecule has 0 heterocycles. The summed E-state index contributed by atoms with van der Waals surface area (Å²) in [6.45, 7) is 3.26. The van der Waals surface area contributed by atoms with E-state index >= 15 is 0 Å². The topological polar surface area (TPSA) is 29.1 Å². The monoisotopic (exact) mass is 227 g/mol. The van der Waals surface area contributed by atoms with Gasteiger partial charge >= 0.3 is 0 Å². The van der Waals surface area contributed by atoms with E-state index in [1.807, 2.05) is 0 Å². The third-order valence-electron chi connectivity index (χ3n) is 1.67. The number of carbonyl (C=O) groups is 1. The van der Waals surface area contributed by atoms with Crippen molar-refractivity contribution in [2.75, 3.05) is 5.32 Å². The number of carbonyl (C=O) groups excluding carboxylic acids is 1. The summed E-state index contributed by atoms with van der Waals surface area (Å²) < 4.78 is 0. The Morgan fingerprint density at radius 1 is 1.43 bits per heavy atom. The van der Waals surface area contributed by atoms with Crippen molar-refractivity contribution in [1.29, 1.82) is 0 Å². The minimum Gasteiger partial charge on any atom is -0.350 e. The number of halogens is 1. The van der Waals surface area contributed by atoms with Crippen molar-refractivity contribution in [3.8, 4) is 0 Å². The van der Waals surface area contributed by atoms with Crippen LogP contribution in [-0.2, 0) is 0 Å². The van der Waals surface area contributed by atoms with Gasteiger partial charge in [-0.15, -0.1) is 0 Å². The van der Waals surface area contributed by atoms with Gasteiger partial charge in [0.2, 0.25) is 0 Å². The highest BCUT2D eigenvalue weighted by Gasteiger charge is 2.06. The molecule has 0 radical (unpaired) electrons. The second kappa shape index (κ2) is 4.53. The molecule has 0 aliphatic carbocycles. The molecule has 2 nitrogen and oxygen atoms in total. The predicted molar refractivity (Wildman–Crippen MR) is 63.4 cm³/mol. The number of hydrogen-bond donors (Lipinski definition) is 1. The molecule has 0 aliphatic heterocycles. The molecule has 0 aliphatic rings. The molecule has 0 amide bonds. The summed E-state index contributed by atoms with van der Waals surface area (Å²) in [4.78, 5) is 11.8. The smallest absolute Gasteiger partial charge is 0.161 e. The lowest BCUT2D eigenvalue weighted by atomic mass is 10.1. The lowest BCUT2D eigenvalue weighted by Gasteiger charge is -2.06. The maximum atomic E-state index is 11.2. The number of Topliss-reactive ketones (excluding diaryl/α,β-unsaturated/α-hetero) is 1. The van der Waals surface area contributed by atoms with Crippen LogP contribution in [0.25, 0.3) is 0 Å². The Balaban J connectivity index is 3.06. The van der Waals surface area contributed by atoms with Crippen LogP contribution in [-0.4, -0.2) is 10.8 Å². The maximum Gasteiger partial charge on any atom is 0.161 e. The first kappa shape index (κ1) is 11.1. The van der Waals surface area contributed by atoms with Crippen LogP contribution in [0.3, 0.4) is 0 Å². The quantitative estimate of drug-likeness (QED) is 0.621. The first-order chi connectivity index (χ1) is 6.50. The molecule has 74 valence electrons. The molecule has 0 aromatic heterocycles. The van der Waals surface area contributed by atoms with E-state index in [4.69, 9.17) is 23.8 Å². The highest BCUT2D eigenvalue weighted by molar-refractivity contribution is 7.80. The number of hydrogen-bond acceptors (Lipinski definition) is 2. The number of ketones is 1. The molecule has 1 rings (SSSR count). The summed E-state index contributed by atoms with van der Waals surface area (Å²) in [6, 6.07) is 5.16. The fourth-order valence-corrected chi connectivity index (χ4v) is 1.44. The molecule has 1 N–H and O–H groups in total. The van der Waals surface area contributed by atoms with E-state index in [0.717, 1.165) is 5.69 Å². The Kier molecular flexibility index (Phi) is 3.61. The number of anilines is 1. The zero-order chi connectivity index (χ0) is 10.7. The molecular formula is C10H10ClNOS. The highest BCUT2D eigenvalue weighted by Crippen LogP contribution is 2.20. The van der Waals surface area contributed by atoms with E-state index in [2.05, 4.69) is 5.32 Å². The summed E-state index contributed by atoms with van der Waals surface area (Å²) in [7, 11) is 0. The van der Waals surface area contributed by atoms with E-state index in [9.17, 15) is 4.79 Å². The molecule has 1 aromatic carbocycles. The number of thiocarbonyl (C=S) groups is 1. The van der Waals surface area contributed by atoms with Gasteiger partial charge in [-0.3, -0.25) is 4.79 Å². The second-order valence-corrected chi connectivity index (χ2v) is 3.95. The third-order valence-corrected chi connectivity index (χ3v) is 2.10. The standard InChI is InChI=1S/C10H10ClNOS/c1-6(13)9-5-8(12-7(2)14)3-4-10(9)11/h3-5H,1-2H3,(H,12,14). The molecule has 0 bridgehead atoms. The van der Waals surface area contributed by atoms with Gasteiger partial charge in [-0.05, 0) is 32.0 Å². The Morgan fingerprint density at radius 3 is 2.57 bits per heavy atom. The van der Waals surface area contributed by atoms with Crippen molar-refractivity contribution in [3.05, 3.63) is 28.8 Å². The highest BCUT2D eigenvalue weighted by atomic mass is 35.5. The van der Waals surface area contributed by atoms with Crippen molar-refractivity contribution in [3.63, 3.8) is 0 Å². The van der Waals surface area contributed by atoms with Gasteiger partial charge < -0.3 is 5.32 Å². The molecule has 0 saturated carbocycles. The average molecular weight is 228 g/mol. The Bertz CT molecular complexity index is 390. The Labute approximate surface area is 93.3 Å². The van der Waals surface area contributed by atoms with Crippen LogP contribution >= 0.6 is 23.8 Å². The van der Waals surface area contributed by atoms with Gasteiger partial charge in [0.1, 0.15) is 0 Å². The second-order valence-electron chi connectivity index (χ2n) is 2.93. The van der Waals surface area contributed by atoms with E-state index in [-0.39, 0.29) is 5.78 Å². The normalized spacial score (nSPS) is 9.64. The van der Waals surface area contributed by atoms with Crippen LogP contribution < -0.4 is 5.32 Å². The molecular weight excluding hydrogens is 218 g/mol. The van der Waals surface area contributed by atoms with Crippen LogP contribution in [0.1, 0.15) is 24.2 Å². The van der Waals surface area contributed by atoms with E-state index in [1.54, 1.807) is 25.1 Å². The van der Waals surface area contributed by atoms with Gasteiger partial charge in [0.15, 0.2) is 5.78 Å². The Morgan fingerprint density at radius 2 is 2.07 bits per heavy atom. The van der Waals surface area contributed by atoms with Crippen LogP contribution in [0, 0.1) is 0 Å². The lowest BCUT2D eigenvalue weighted by molar-refractivity contribution is 0.101. The van der Waals surface area contributed by atoms with Crippen molar-refractivity contribution >= 4 is 40.3 Å². The zero-order valence-corrected chi connectivity index (χ0v) is 9.50. The van der Waals surface area contributed by atoms with Gasteiger partial charge in [0.05, 0.1) is 10.0 Å². The summed E-state index contributed by atoms with van der Waals surface area (Å²) >= 11 is 10.7. The van der Waals surface area contributed by atoms with Crippen molar-refractivity contribution < 1.29 is 4.79 Å². The average Bonchev–Trinajstić information content (AvgIpc) is 2.07. The van der Waals surface area contributed by atoms with Crippen molar-refractivity contribution in [2.24, 2.45) is 0 Å². The molecule has 1 aromatic rings. The number of benzene rings is 1. The van der Waals surface area contributed by atoms with Gasteiger partial charge in [0, 0.05) is 11.3 Å². The lowest BCUT2D eigenvalue weighted by Crippen LogP contribution is -2.04. The maximum absolute atomic E-state index is 11.2. The summed E-state index contributed by atoms with van der Waals surface area (Å²) in [5.41, 5.74) is 1.29. The summed E-state index contributed by atoms with van der Waals surface area (Å²) in [6.07, 6.45) is 0. The van der Waals surface area contributed by atoms with Gasteiger partial charge in [-0.25, -0.2) is 0 Å². The Hall–Kier alpha value is -0.930. The molecule has 14 heavy (non-hydrogen) atoms. The SMILES string of the molecule is CC(=O)c1cc(NC(C)=S)ccc1Cl. The molecule has 4 heteroatoms. The van der Waals surface area contributed by atoms with Crippen molar-refractivity contribution in [2.45, 2.75) is 13.8 Å². The molecule has 0 saturated heterocycles. The number of nitrogens with one attached hydrogen (secondary N) is 1. The fourth-order valence-electron chi connectivity index (χ4n) is 1.08. The minimum absolute atomic E-state index is 0.0549. The first-order valence-electron chi connectivity index (χ1n) is 4.09. The fraction of sp³-hybridized carbons (Fsp3) is 0.200. The number of rotatable bonds is 2. The summed E-state index contributed by atoms with van der Waals surface area (Å²) in [5, 5.41) is 3.41. The molecule has 0 fully saturated rings. The molecule has 0 spiro atoms. The molecule has 0 unspecified atom stereocenters. The van der Waals surface area contributed by atoms with Crippen LogP contribution in [0.5, 0.6) is 0 Å². The van der Waals surface area contributed by atoms with E-state index < -0.39 is 0 Å². The first-order valence-corrected chi connectivity index (χ1v) is 4.87. The summed E-state index contributed by atoms with van der Waals surface area (Å²) in [5.74, 6) is -0.0549. The van der Waals surface area contributed by atoms with Gasteiger partial charge in [-0.1, -0.05) is 23.8 Å². The van der Waals surface area contributed by atoms with Crippen LogP contribution in [0.15, 0.2) is 18.2 Å². The minimum atomic E-state index is -0.0549. The zero-order valence-electron chi connectivity index (χ0n) is 7.93. The van der Waals surface area contributed by atoms with Crippen molar-refractivity contribution in [1.82, 2.24) is 0 Å².